The number of rotatable bonds is 5. The molecule has 17 heavy (non-hydrogen) atoms. The Hall–Kier alpha value is -0.570. The van der Waals surface area contributed by atoms with E-state index >= 15 is 0 Å². The highest BCUT2D eigenvalue weighted by Gasteiger charge is 2.34. The van der Waals surface area contributed by atoms with Crippen molar-refractivity contribution in [2.75, 3.05) is 19.6 Å². The van der Waals surface area contributed by atoms with E-state index in [0.717, 1.165) is 37.9 Å². The zero-order chi connectivity index (χ0) is 11.7. The molecule has 0 aromatic carbocycles. The number of piperidine rings is 1. The maximum atomic E-state index is 12.5. The van der Waals surface area contributed by atoms with Gasteiger partial charge in [-0.2, -0.15) is 0 Å². The predicted molar refractivity (Wildman–Crippen MR) is 67.7 cm³/mol. The van der Waals surface area contributed by atoms with Crippen LogP contribution in [0.5, 0.6) is 0 Å². The molecular formula is C14H24N2O. The molecule has 1 atom stereocenters. The van der Waals surface area contributed by atoms with Gasteiger partial charge in [-0.1, -0.05) is 6.42 Å². The molecule has 0 radical (unpaired) electrons. The quantitative estimate of drug-likeness (QED) is 0.789. The van der Waals surface area contributed by atoms with Crippen molar-refractivity contribution >= 4 is 5.91 Å². The van der Waals surface area contributed by atoms with E-state index in [1.807, 2.05) is 0 Å². The molecule has 1 N–H and O–H groups in total. The van der Waals surface area contributed by atoms with Crippen molar-refractivity contribution in [1.82, 2.24) is 10.2 Å². The summed E-state index contributed by atoms with van der Waals surface area (Å²) in [6, 6.07) is 0.126. The van der Waals surface area contributed by atoms with E-state index in [1.165, 1.54) is 38.5 Å². The molecule has 1 heterocycles. The molecule has 0 aromatic heterocycles. The van der Waals surface area contributed by atoms with Crippen molar-refractivity contribution in [1.29, 1.82) is 0 Å². The third kappa shape index (κ3) is 3.21. The van der Waals surface area contributed by atoms with Gasteiger partial charge in [0.25, 0.3) is 0 Å². The van der Waals surface area contributed by atoms with Crippen molar-refractivity contribution in [3.8, 4) is 0 Å². The van der Waals surface area contributed by atoms with E-state index in [4.69, 9.17) is 0 Å². The summed E-state index contributed by atoms with van der Waals surface area (Å²) in [5, 5.41) is 3.40. The normalized spacial score (nSPS) is 29.1. The van der Waals surface area contributed by atoms with E-state index in [2.05, 4.69) is 10.2 Å². The van der Waals surface area contributed by atoms with Gasteiger partial charge in [-0.3, -0.25) is 4.79 Å². The molecular weight excluding hydrogens is 212 g/mol. The highest BCUT2D eigenvalue weighted by atomic mass is 16.2. The van der Waals surface area contributed by atoms with E-state index in [-0.39, 0.29) is 6.04 Å². The lowest BCUT2D eigenvalue weighted by Crippen LogP contribution is -2.49. The molecule has 0 aromatic rings. The van der Waals surface area contributed by atoms with Gasteiger partial charge in [0.15, 0.2) is 0 Å². The molecule has 1 amide bonds. The predicted octanol–water partition coefficient (Wildman–Crippen LogP) is 1.78. The van der Waals surface area contributed by atoms with Crippen LogP contribution >= 0.6 is 0 Å². The van der Waals surface area contributed by atoms with Gasteiger partial charge < -0.3 is 10.2 Å². The van der Waals surface area contributed by atoms with Crippen LogP contribution in [0.15, 0.2) is 0 Å². The van der Waals surface area contributed by atoms with Crippen LogP contribution < -0.4 is 5.32 Å². The zero-order valence-corrected chi connectivity index (χ0v) is 10.7. The molecule has 2 aliphatic carbocycles. The van der Waals surface area contributed by atoms with Crippen LogP contribution in [0.1, 0.15) is 44.9 Å². The van der Waals surface area contributed by atoms with Gasteiger partial charge in [0.1, 0.15) is 0 Å². The number of hydrogen-bond acceptors (Lipinski definition) is 2. The summed E-state index contributed by atoms with van der Waals surface area (Å²) in [5.74, 6) is 2.03. The first kappa shape index (κ1) is 11.5. The van der Waals surface area contributed by atoms with Crippen LogP contribution in [0.2, 0.25) is 0 Å². The lowest BCUT2D eigenvalue weighted by molar-refractivity contribution is -0.134. The van der Waals surface area contributed by atoms with Gasteiger partial charge in [0.05, 0.1) is 6.04 Å². The molecule has 3 aliphatic rings. The summed E-state index contributed by atoms with van der Waals surface area (Å²) in [5.41, 5.74) is 0. The van der Waals surface area contributed by atoms with Crippen LogP contribution in [0.25, 0.3) is 0 Å². The summed E-state index contributed by atoms with van der Waals surface area (Å²) in [4.78, 5) is 14.7. The van der Waals surface area contributed by atoms with Crippen molar-refractivity contribution in [2.24, 2.45) is 11.8 Å². The minimum Gasteiger partial charge on any atom is -0.341 e. The van der Waals surface area contributed by atoms with Crippen LogP contribution in [0.3, 0.4) is 0 Å². The molecule has 96 valence electrons. The molecule has 1 aliphatic heterocycles. The zero-order valence-electron chi connectivity index (χ0n) is 10.7. The second kappa shape index (κ2) is 4.97. The molecule has 0 bridgehead atoms. The molecule has 0 spiro atoms. The molecule has 3 nitrogen and oxygen atoms in total. The number of nitrogens with zero attached hydrogens (tertiary/aromatic N) is 1. The van der Waals surface area contributed by atoms with Crippen molar-refractivity contribution in [3.63, 3.8) is 0 Å². The van der Waals surface area contributed by atoms with Crippen LogP contribution in [-0.2, 0) is 4.79 Å². The number of carbonyl (C=O) groups is 1. The Balaban J connectivity index is 1.56. The molecule has 0 unspecified atom stereocenters. The molecule has 1 saturated heterocycles. The van der Waals surface area contributed by atoms with Crippen molar-refractivity contribution in [2.45, 2.75) is 51.0 Å². The van der Waals surface area contributed by atoms with Gasteiger partial charge in [0, 0.05) is 13.1 Å². The third-order valence-corrected chi connectivity index (χ3v) is 4.27. The fraction of sp³-hybridized carbons (Fsp3) is 0.929. The van der Waals surface area contributed by atoms with E-state index in [9.17, 15) is 4.79 Å². The first-order valence-corrected chi connectivity index (χ1v) is 7.35. The Morgan fingerprint density at radius 2 is 1.65 bits per heavy atom. The highest BCUT2D eigenvalue weighted by molar-refractivity contribution is 5.82. The molecule has 2 saturated carbocycles. The minimum atomic E-state index is 0.126. The Labute approximate surface area is 104 Å². The number of amides is 1. The Morgan fingerprint density at radius 3 is 2.12 bits per heavy atom. The molecule has 3 fully saturated rings. The standard InChI is InChI=1S/C14H24N2O/c17-14(13-3-1-2-8-15-13)16(9-11-4-5-11)10-12-6-7-12/h11-13,15H,1-10H2/t13-/m1/s1. The van der Waals surface area contributed by atoms with E-state index < -0.39 is 0 Å². The SMILES string of the molecule is O=C([C@H]1CCCCN1)N(CC1CC1)CC1CC1. The average Bonchev–Trinajstić information content (AvgIpc) is 3.23. The summed E-state index contributed by atoms with van der Waals surface area (Å²) in [6.45, 7) is 3.10. The molecule has 3 rings (SSSR count). The average molecular weight is 236 g/mol. The minimum absolute atomic E-state index is 0.126. The Kier molecular flexibility index (Phi) is 3.37. The van der Waals surface area contributed by atoms with Crippen LogP contribution in [0.4, 0.5) is 0 Å². The summed E-state index contributed by atoms with van der Waals surface area (Å²) in [7, 11) is 0. The largest absolute Gasteiger partial charge is 0.341 e. The molecule has 3 heteroatoms. The van der Waals surface area contributed by atoms with Gasteiger partial charge in [-0.25, -0.2) is 0 Å². The van der Waals surface area contributed by atoms with Gasteiger partial charge in [-0.05, 0) is 56.9 Å². The number of nitrogens with one attached hydrogen (secondary N) is 1. The fourth-order valence-corrected chi connectivity index (χ4v) is 2.76. The monoisotopic (exact) mass is 236 g/mol. The second-order valence-corrected chi connectivity index (χ2v) is 6.13. The van der Waals surface area contributed by atoms with Crippen LogP contribution in [0, 0.1) is 11.8 Å². The fourth-order valence-electron chi connectivity index (χ4n) is 2.76. The number of carbonyl (C=O) groups excluding carboxylic acids is 1. The Bertz CT molecular complexity index is 264. The number of hydrogen-bond donors (Lipinski definition) is 1. The van der Waals surface area contributed by atoms with E-state index in [0.29, 0.717) is 5.91 Å². The van der Waals surface area contributed by atoms with Gasteiger partial charge in [-0.15, -0.1) is 0 Å². The summed E-state index contributed by atoms with van der Waals surface area (Å²) in [6.07, 6.45) is 8.85. The highest BCUT2D eigenvalue weighted by Crippen LogP contribution is 2.34. The topological polar surface area (TPSA) is 32.3 Å². The maximum absolute atomic E-state index is 12.5. The smallest absolute Gasteiger partial charge is 0.239 e. The lowest BCUT2D eigenvalue weighted by atomic mass is 10.0. The first-order chi connectivity index (χ1) is 8.33. The van der Waals surface area contributed by atoms with E-state index in [1.54, 1.807) is 0 Å². The van der Waals surface area contributed by atoms with Crippen molar-refractivity contribution in [3.05, 3.63) is 0 Å². The second-order valence-electron chi connectivity index (χ2n) is 6.13. The van der Waals surface area contributed by atoms with Crippen LogP contribution in [-0.4, -0.2) is 36.5 Å². The van der Waals surface area contributed by atoms with Crippen molar-refractivity contribution < 1.29 is 4.79 Å². The summed E-state index contributed by atoms with van der Waals surface area (Å²) >= 11 is 0. The lowest BCUT2D eigenvalue weighted by Gasteiger charge is -2.30. The Morgan fingerprint density at radius 1 is 1.00 bits per heavy atom. The van der Waals surface area contributed by atoms with Gasteiger partial charge in [0.2, 0.25) is 5.91 Å². The van der Waals surface area contributed by atoms with Gasteiger partial charge >= 0.3 is 0 Å². The first-order valence-electron chi connectivity index (χ1n) is 7.35. The maximum Gasteiger partial charge on any atom is 0.239 e. The third-order valence-electron chi connectivity index (χ3n) is 4.27. The summed E-state index contributed by atoms with van der Waals surface area (Å²) < 4.78 is 0.